The highest BCUT2D eigenvalue weighted by atomic mass is 16.3. The first kappa shape index (κ1) is 16.5. The van der Waals surface area contributed by atoms with Gasteiger partial charge >= 0.3 is 6.03 Å². The van der Waals surface area contributed by atoms with Crippen LogP contribution < -0.4 is 10.6 Å². The van der Waals surface area contributed by atoms with E-state index in [0.717, 1.165) is 0 Å². The van der Waals surface area contributed by atoms with Crippen molar-refractivity contribution in [1.29, 1.82) is 0 Å². The van der Waals surface area contributed by atoms with Crippen molar-refractivity contribution in [3.63, 3.8) is 0 Å². The summed E-state index contributed by atoms with van der Waals surface area (Å²) in [5.74, 6) is 0.321. The molecule has 0 saturated heterocycles. The number of rotatable bonds is 6. The van der Waals surface area contributed by atoms with Crippen molar-refractivity contribution in [3.05, 3.63) is 35.4 Å². The zero-order chi connectivity index (χ0) is 15.1. The van der Waals surface area contributed by atoms with Crippen molar-refractivity contribution in [2.45, 2.75) is 39.7 Å². The van der Waals surface area contributed by atoms with Gasteiger partial charge in [-0.1, -0.05) is 43.7 Å². The van der Waals surface area contributed by atoms with E-state index in [2.05, 4.69) is 48.7 Å². The van der Waals surface area contributed by atoms with Gasteiger partial charge in [0.1, 0.15) is 0 Å². The van der Waals surface area contributed by atoms with E-state index in [-0.39, 0.29) is 30.5 Å². The number of carbonyl (C=O) groups is 1. The molecule has 0 saturated carbocycles. The molecule has 4 heteroatoms. The molecule has 0 aromatic heterocycles. The monoisotopic (exact) mass is 278 g/mol. The maximum Gasteiger partial charge on any atom is 0.315 e. The highest BCUT2D eigenvalue weighted by Crippen LogP contribution is 2.14. The first-order valence-corrected chi connectivity index (χ1v) is 7.15. The lowest BCUT2D eigenvalue weighted by atomic mass is 10.0. The summed E-state index contributed by atoms with van der Waals surface area (Å²) in [4.78, 5) is 11.8. The van der Waals surface area contributed by atoms with Crippen LogP contribution in [0.15, 0.2) is 24.3 Å². The van der Waals surface area contributed by atoms with E-state index in [0.29, 0.717) is 6.54 Å². The summed E-state index contributed by atoms with van der Waals surface area (Å²) >= 11 is 0. The van der Waals surface area contributed by atoms with Gasteiger partial charge in [0.2, 0.25) is 0 Å². The van der Waals surface area contributed by atoms with Crippen LogP contribution in [0.2, 0.25) is 0 Å². The normalized spacial score (nSPS) is 15.2. The van der Waals surface area contributed by atoms with E-state index >= 15 is 0 Å². The fourth-order valence-corrected chi connectivity index (χ4v) is 1.82. The molecule has 0 aliphatic rings. The Hall–Kier alpha value is -1.55. The van der Waals surface area contributed by atoms with Crippen LogP contribution in [0.1, 0.15) is 37.8 Å². The lowest BCUT2D eigenvalue weighted by Crippen LogP contribution is -2.45. The van der Waals surface area contributed by atoms with Crippen molar-refractivity contribution in [1.82, 2.24) is 10.6 Å². The van der Waals surface area contributed by atoms with Crippen LogP contribution in [-0.2, 0) is 0 Å². The van der Waals surface area contributed by atoms with Crippen LogP contribution in [-0.4, -0.2) is 30.3 Å². The average Bonchev–Trinajstić information content (AvgIpc) is 2.44. The summed E-state index contributed by atoms with van der Waals surface area (Å²) in [6.07, 6.45) is 0. The third kappa shape index (κ3) is 5.21. The second-order valence-electron chi connectivity index (χ2n) is 5.61. The fourth-order valence-electron chi connectivity index (χ4n) is 1.82. The molecule has 0 bridgehead atoms. The van der Waals surface area contributed by atoms with E-state index < -0.39 is 0 Å². The van der Waals surface area contributed by atoms with Crippen LogP contribution in [0, 0.1) is 12.8 Å². The molecule has 1 aromatic carbocycles. The number of carbonyl (C=O) groups excluding carboxylic acids is 1. The summed E-state index contributed by atoms with van der Waals surface area (Å²) in [5, 5.41) is 14.7. The Morgan fingerprint density at radius 1 is 1.20 bits per heavy atom. The Morgan fingerprint density at radius 2 is 1.80 bits per heavy atom. The summed E-state index contributed by atoms with van der Waals surface area (Å²) < 4.78 is 0. The maximum absolute atomic E-state index is 11.8. The van der Waals surface area contributed by atoms with Crippen molar-refractivity contribution >= 4 is 6.03 Å². The molecule has 2 amide bonds. The third-order valence-corrected chi connectivity index (χ3v) is 3.72. The topological polar surface area (TPSA) is 61.4 Å². The Morgan fingerprint density at radius 3 is 2.35 bits per heavy atom. The van der Waals surface area contributed by atoms with Crippen molar-refractivity contribution in [2.24, 2.45) is 5.92 Å². The van der Waals surface area contributed by atoms with Gasteiger partial charge in [-0.15, -0.1) is 0 Å². The molecule has 0 radical (unpaired) electrons. The molecule has 1 rings (SSSR count). The smallest absolute Gasteiger partial charge is 0.315 e. The minimum absolute atomic E-state index is 0.0466. The van der Waals surface area contributed by atoms with Crippen LogP contribution in [0.5, 0.6) is 0 Å². The fraction of sp³-hybridized carbons (Fsp3) is 0.562. The number of nitrogens with one attached hydrogen (secondary N) is 2. The minimum atomic E-state index is -0.184. The lowest BCUT2D eigenvalue weighted by molar-refractivity contribution is 0.200. The molecule has 3 atom stereocenters. The summed E-state index contributed by atoms with van der Waals surface area (Å²) in [7, 11) is 0. The van der Waals surface area contributed by atoms with Gasteiger partial charge in [-0.05, 0) is 31.2 Å². The van der Waals surface area contributed by atoms with Crippen molar-refractivity contribution in [2.75, 3.05) is 13.2 Å². The lowest BCUT2D eigenvalue weighted by Gasteiger charge is -2.20. The van der Waals surface area contributed by atoms with Gasteiger partial charge in [0.15, 0.2) is 0 Å². The number of urea groups is 1. The molecule has 112 valence electrons. The van der Waals surface area contributed by atoms with Crippen LogP contribution >= 0.6 is 0 Å². The summed E-state index contributed by atoms with van der Waals surface area (Å²) in [6.45, 7) is 8.61. The molecule has 1 aromatic rings. The molecule has 0 aliphatic carbocycles. The van der Waals surface area contributed by atoms with Gasteiger partial charge in [-0.3, -0.25) is 0 Å². The van der Waals surface area contributed by atoms with Gasteiger partial charge in [-0.2, -0.15) is 0 Å². The second kappa shape index (κ2) is 7.90. The van der Waals surface area contributed by atoms with Crippen molar-refractivity contribution in [3.8, 4) is 0 Å². The molecule has 3 unspecified atom stereocenters. The Labute approximate surface area is 121 Å². The Balaban J connectivity index is 2.39. The number of amides is 2. The minimum Gasteiger partial charge on any atom is -0.396 e. The van der Waals surface area contributed by atoms with Crippen molar-refractivity contribution < 1.29 is 9.90 Å². The molecule has 0 aliphatic heterocycles. The largest absolute Gasteiger partial charge is 0.396 e. The number of aliphatic hydroxyl groups excluding tert-OH is 1. The van der Waals surface area contributed by atoms with Gasteiger partial charge in [0.05, 0.1) is 0 Å². The zero-order valence-corrected chi connectivity index (χ0v) is 12.8. The quantitative estimate of drug-likeness (QED) is 0.748. The highest BCUT2D eigenvalue weighted by molar-refractivity contribution is 5.74. The van der Waals surface area contributed by atoms with E-state index in [1.807, 2.05) is 13.8 Å². The zero-order valence-electron chi connectivity index (χ0n) is 12.8. The second-order valence-corrected chi connectivity index (χ2v) is 5.61. The van der Waals surface area contributed by atoms with Crippen LogP contribution in [0.25, 0.3) is 0 Å². The summed E-state index contributed by atoms with van der Waals surface area (Å²) in [6, 6.07) is 8.12. The number of aliphatic hydroxyl groups is 1. The maximum atomic E-state index is 11.8. The number of aryl methyl sites for hydroxylation is 1. The molecular formula is C16H26N2O2. The van der Waals surface area contributed by atoms with E-state index in [1.54, 1.807) is 0 Å². The third-order valence-electron chi connectivity index (χ3n) is 3.72. The molecular weight excluding hydrogens is 252 g/mol. The Kier molecular flexibility index (Phi) is 6.52. The first-order valence-electron chi connectivity index (χ1n) is 7.15. The number of hydrogen-bond acceptors (Lipinski definition) is 2. The molecule has 20 heavy (non-hydrogen) atoms. The number of hydrogen-bond donors (Lipinski definition) is 3. The number of benzene rings is 1. The van der Waals surface area contributed by atoms with E-state index in [1.165, 1.54) is 11.1 Å². The average molecular weight is 278 g/mol. The standard InChI is InChI=1S/C16H26N2O2/c1-11-5-7-15(8-6-11)12(2)9-17-16(20)18-14(4)13(3)10-19/h5-8,12-14,19H,9-10H2,1-4H3,(H2,17,18,20). The molecule has 3 N–H and O–H groups in total. The predicted octanol–water partition coefficient (Wildman–Crippen LogP) is 2.41. The Bertz CT molecular complexity index is 417. The molecule has 0 heterocycles. The van der Waals surface area contributed by atoms with Crippen LogP contribution in [0.3, 0.4) is 0 Å². The van der Waals surface area contributed by atoms with Gasteiger partial charge in [-0.25, -0.2) is 4.79 Å². The van der Waals surface area contributed by atoms with Gasteiger partial charge < -0.3 is 15.7 Å². The van der Waals surface area contributed by atoms with E-state index in [9.17, 15) is 4.79 Å². The molecule has 0 spiro atoms. The van der Waals surface area contributed by atoms with Gasteiger partial charge in [0.25, 0.3) is 0 Å². The first-order chi connectivity index (χ1) is 9.43. The predicted molar refractivity (Wildman–Crippen MR) is 81.8 cm³/mol. The highest BCUT2D eigenvalue weighted by Gasteiger charge is 2.14. The van der Waals surface area contributed by atoms with Crippen LogP contribution in [0.4, 0.5) is 4.79 Å². The molecule has 4 nitrogen and oxygen atoms in total. The summed E-state index contributed by atoms with van der Waals surface area (Å²) in [5.41, 5.74) is 2.45. The molecule has 0 fully saturated rings. The van der Waals surface area contributed by atoms with Gasteiger partial charge in [0, 0.05) is 19.2 Å². The SMILES string of the molecule is Cc1ccc(C(C)CNC(=O)NC(C)C(C)CO)cc1. The van der Waals surface area contributed by atoms with E-state index in [4.69, 9.17) is 5.11 Å².